The van der Waals surface area contributed by atoms with Crippen molar-refractivity contribution in [3.63, 3.8) is 0 Å². The number of alkyl halides is 6. The molecule has 1 atom stereocenters. The normalized spacial score (nSPS) is 14.3. The smallest absolute Gasteiger partial charge is 0.425 e. The average Bonchev–Trinajstić information content (AvgIpc) is 2.26. The number of ether oxygens (including phenoxy) is 1. The Balaban J connectivity index is 3.14. The summed E-state index contributed by atoms with van der Waals surface area (Å²) in [5.74, 6) is -1.17. The SMILES string of the molecule is CC(Oc1ncc(CO)cc1C(F)(F)F)C(F)(F)F. The zero-order valence-corrected chi connectivity index (χ0v) is 9.51. The average molecular weight is 289 g/mol. The maximum absolute atomic E-state index is 12.6. The van der Waals surface area contributed by atoms with Crippen molar-refractivity contribution in [3.05, 3.63) is 23.4 Å². The molecule has 0 radical (unpaired) electrons. The molecule has 1 aromatic heterocycles. The van der Waals surface area contributed by atoms with E-state index in [2.05, 4.69) is 9.72 Å². The molecule has 1 unspecified atom stereocenters. The molecule has 0 aliphatic rings. The highest BCUT2D eigenvalue weighted by Gasteiger charge is 2.41. The van der Waals surface area contributed by atoms with Crippen molar-refractivity contribution in [1.29, 1.82) is 0 Å². The molecular weight excluding hydrogens is 280 g/mol. The topological polar surface area (TPSA) is 42.4 Å². The molecule has 1 aromatic rings. The number of aliphatic hydroxyl groups is 1. The molecule has 0 saturated carbocycles. The quantitative estimate of drug-likeness (QED) is 0.870. The maximum Gasteiger partial charge on any atom is 0.425 e. The lowest BCUT2D eigenvalue weighted by Gasteiger charge is -2.19. The molecule has 3 nitrogen and oxygen atoms in total. The molecule has 0 aliphatic carbocycles. The minimum atomic E-state index is -4.93. The Morgan fingerprint density at radius 3 is 2.26 bits per heavy atom. The first-order valence-corrected chi connectivity index (χ1v) is 4.96. The van der Waals surface area contributed by atoms with Gasteiger partial charge in [0.2, 0.25) is 5.88 Å². The number of halogens is 6. The molecule has 0 bridgehead atoms. The van der Waals surface area contributed by atoms with Crippen molar-refractivity contribution in [1.82, 2.24) is 4.98 Å². The van der Waals surface area contributed by atoms with Crippen LogP contribution in [0.2, 0.25) is 0 Å². The van der Waals surface area contributed by atoms with Gasteiger partial charge in [-0.3, -0.25) is 0 Å². The van der Waals surface area contributed by atoms with Gasteiger partial charge in [0.1, 0.15) is 5.56 Å². The maximum atomic E-state index is 12.6. The van der Waals surface area contributed by atoms with Gasteiger partial charge in [0, 0.05) is 6.20 Å². The highest BCUT2D eigenvalue weighted by atomic mass is 19.4. The zero-order chi connectivity index (χ0) is 14.8. The van der Waals surface area contributed by atoms with Crippen LogP contribution >= 0.6 is 0 Å². The van der Waals surface area contributed by atoms with Crippen LogP contribution in [0.3, 0.4) is 0 Å². The first kappa shape index (κ1) is 15.5. The second-order valence-corrected chi connectivity index (χ2v) is 3.65. The van der Waals surface area contributed by atoms with Crippen LogP contribution in [-0.4, -0.2) is 22.4 Å². The van der Waals surface area contributed by atoms with Gasteiger partial charge in [-0.2, -0.15) is 26.3 Å². The molecule has 0 aromatic carbocycles. The molecule has 0 aliphatic heterocycles. The lowest BCUT2D eigenvalue weighted by molar-refractivity contribution is -0.192. The Hall–Kier alpha value is -1.51. The zero-order valence-electron chi connectivity index (χ0n) is 9.51. The largest absolute Gasteiger partial charge is 0.465 e. The fraction of sp³-hybridized carbons (Fsp3) is 0.500. The van der Waals surface area contributed by atoms with E-state index in [0.29, 0.717) is 13.0 Å². The van der Waals surface area contributed by atoms with E-state index in [1.165, 1.54) is 0 Å². The Labute approximate surface area is 103 Å². The monoisotopic (exact) mass is 289 g/mol. The first-order valence-electron chi connectivity index (χ1n) is 4.96. The van der Waals surface area contributed by atoms with E-state index in [1.54, 1.807) is 0 Å². The third-order valence-electron chi connectivity index (χ3n) is 2.15. The van der Waals surface area contributed by atoms with Crippen LogP contribution in [0.4, 0.5) is 26.3 Å². The third-order valence-corrected chi connectivity index (χ3v) is 2.15. The molecule has 19 heavy (non-hydrogen) atoms. The number of hydrogen-bond acceptors (Lipinski definition) is 3. The lowest BCUT2D eigenvalue weighted by Crippen LogP contribution is -2.32. The van der Waals surface area contributed by atoms with Gasteiger partial charge in [0.25, 0.3) is 0 Å². The van der Waals surface area contributed by atoms with Crippen molar-refractivity contribution < 1.29 is 36.2 Å². The predicted molar refractivity (Wildman–Crippen MR) is 51.3 cm³/mol. The van der Waals surface area contributed by atoms with E-state index in [4.69, 9.17) is 5.11 Å². The summed E-state index contributed by atoms with van der Waals surface area (Å²) in [6.07, 6.45) is -11.4. The second kappa shape index (κ2) is 5.24. The van der Waals surface area contributed by atoms with Gasteiger partial charge in [-0.25, -0.2) is 4.98 Å². The number of nitrogens with zero attached hydrogens (tertiary/aromatic N) is 1. The summed E-state index contributed by atoms with van der Waals surface area (Å²) >= 11 is 0. The summed E-state index contributed by atoms with van der Waals surface area (Å²) in [5.41, 5.74) is -1.64. The van der Waals surface area contributed by atoms with Crippen molar-refractivity contribution in [2.45, 2.75) is 32.0 Å². The first-order chi connectivity index (χ1) is 8.55. The number of pyridine rings is 1. The molecule has 0 saturated heterocycles. The van der Waals surface area contributed by atoms with Crippen molar-refractivity contribution >= 4 is 0 Å². The Kier molecular flexibility index (Phi) is 4.28. The lowest BCUT2D eigenvalue weighted by atomic mass is 10.2. The van der Waals surface area contributed by atoms with Gasteiger partial charge in [-0.1, -0.05) is 0 Å². The van der Waals surface area contributed by atoms with Crippen molar-refractivity contribution in [3.8, 4) is 5.88 Å². The summed E-state index contributed by atoms with van der Waals surface area (Å²) in [6.45, 7) is -0.146. The van der Waals surface area contributed by atoms with Crippen LogP contribution in [0.5, 0.6) is 5.88 Å². The molecule has 0 spiro atoms. The molecule has 1 N–H and O–H groups in total. The van der Waals surface area contributed by atoms with Crippen LogP contribution in [0, 0.1) is 0 Å². The Morgan fingerprint density at radius 1 is 1.26 bits per heavy atom. The highest BCUT2D eigenvalue weighted by molar-refractivity contribution is 5.32. The molecule has 108 valence electrons. The summed E-state index contributed by atoms with van der Waals surface area (Å²) in [6, 6.07) is 0.491. The van der Waals surface area contributed by atoms with E-state index in [9.17, 15) is 26.3 Å². The number of hydrogen-bond donors (Lipinski definition) is 1. The summed E-state index contributed by atoms with van der Waals surface area (Å²) in [4.78, 5) is 3.17. The number of aliphatic hydroxyl groups excluding tert-OH is 1. The van der Waals surface area contributed by atoms with Crippen LogP contribution < -0.4 is 4.74 Å². The van der Waals surface area contributed by atoms with Gasteiger partial charge in [0.05, 0.1) is 6.61 Å². The van der Waals surface area contributed by atoms with Gasteiger partial charge in [-0.15, -0.1) is 0 Å². The highest BCUT2D eigenvalue weighted by Crippen LogP contribution is 2.37. The molecule has 9 heteroatoms. The molecule has 0 amide bonds. The minimum Gasteiger partial charge on any atom is -0.465 e. The third kappa shape index (κ3) is 3.98. The van der Waals surface area contributed by atoms with Crippen molar-refractivity contribution in [2.24, 2.45) is 0 Å². The molecule has 1 heterocycles. The minimum absolute atomic E-state index is 0.181. The fourth-order valence-electron chi connectivity index (χ4n) is 1.11. The van der Waals surface area contributed by atoms with Crippen LogP contribution in [-0.2, 0) is 12.8 Å². The van der Waals surface area contributed by atoms with Gasteiger partial charge < -0.3 is 9.84 Å². The second-order valence-electron chi connectivity index (χ2n) is 3.65. The fourth-order valence-corrected chi connectivity index (χ4v) is 1.11. The van der Waals surface area contributed by atoms with Crippen LogP contribution in [0.15, 0.2) is 12.3 Å². The van der Waals surface area contributed by atoms with E-state index >= 15 is 0 Å². The summed E-state index contributed by atoms with van der Waals surface area (Å²) in [7, 11) is 0. The van der Waals surface area contributed by atoms with Gasteiger partial charge in [0.15, 0.2) is 6.10 Å². The van der Waals surface area contributed by atoms with E-state index < -0.39 is 36.5 Å². The summed E-state index contributed by atoms with van der Waals surface area (Å²) in [5, 5.41) is 8.70. The molecule has 1 rings (SSSR count). The number of aromatic nitrogens is 1. The van der Waals surface area contributed by atoms with Crippen LogP contribution in [0.1, 0.15) is 18.1 Å². The van der Waals surface area contributed by atoms with E-state index in [0.717, 1.165) is 6.20 Å². The summed E-state index contributed by atoms with van der Waals surface area (Å²) < 4.78 is 78.8. The van der Waals surface area contributed by atoms with Crippen LogP contribution in [0.25, 0.3) is 0 Å². The Bertz CT molecular complexity index is 443. The predicted octanol–water partition coefficient (Wildman–Crippen LogP) is 2.92. The van der Waals surface area contributed by atoms with Gasteiger partial charge in [-0.05, 0) is 18.6 Å². The number of rotatable bonds is 3. The molecule has 0 fully saturated rings. The van der Waals surface area contributed by atoms with Crippen molar-refractivity contribution in [2.75, 3.05) is 0 Å². The van der Waals surface area contributed by atoms with E-state index in [-0.39, 0.29) is 5.56 Å². The Morgan fingerprint density at radius 2 is 1.84 bits per heavy atom. The van der Waals surface area contributed by atoms with Gasteiger partial charge >= 0.3 is 12.4 Å². The standard InChI is InChI=1S/C10H9F6NO2/c1-5(9(11,12)13)19-8-7(10(14,15)16)2-6(4-18)3-17-8/h2-3,5,18H,4H2,1H3. The van der Waals surface area contributed by atoms with E-state index in [1.807, 2.05) is 0 Å². The molecular formula is C10H9F6NO2.